The topological polar surface area (TPSA) is 84.4 Å². The van der Waals surface area contributed by atoms with Gasteiger partial charge in [0.1, 0.15) is 5.82 Å². The molecule has 10 heteroatoms. The molecule has 31 heavy (non-hydrogen) atoms. The number of halogens is 4. The van der Waals surface area contributed by atoms with Gasteiger partial charge in [0.25, 0.3) is 0 Å². The lowest BCUT2D eigenvalue weighted by Crippen LogP contribution is -2.49. The fourth-order valence-electron chi connectivity index (χ4n) is 3.45. The van der Waals surface area contributed by atoms with Crippen LogP contribution in [-0.2, 0) is 23.3 Å². The molecular formula is C21H22Br2Cl2N4O2. The maximum absolute atomic E-state index is 12.5. The van der Waals surface area contributed by atoms with E-state index in [1.54, 1.807) is 12.1 Å². The quantitative estimate of drug-likeness (QED) is 0.371. The average molecular weight is 593 g/mol. The highest BCUT2D eigenvalue weighted by molar-refractivity contribution is 9.13. The molecule has 0 aliphatic heterocycles. The van der Waals surface area contributed by atoms with Crippen LogP contribution in [0.15, 0.2) is 39.3 Å². The van der Waals surface area contributed by atoms with Crippen LogP contribution < -0.4 is 5.73 Å². The molecule has 2 aromatic carbocycles. The Balaban J connectivity index is 2.14. The Morgan fingerprint density at radius 3 is 2.48 bits per heavy atom. The fourth-order valence-corrected chi connectivity index (χ4v) is 4.44. The summed E-state index contributed by atoms with van der Waals surface area (Å²) in [7, 11) is 3.97. The Morgan fingerprint density at radius 1 is 1.19 bits per heavy atom. The number of benzene rings is 2. The van der Waals surface area contributed by atoms with Gasteiger partial charge in [0.2, 0.25) is 0 Å². The summed E-state index contributed by atoms with van der Waals surface area (Å²) in [5.41, 5.74) is 6.85. The lowest BCUT2D eigenvalue weighted by atomic mass is 9.90. The molecule has 1 heterocycles. The summed E-state index contributed by atoms with van der Waals surface area (Å²) in [6.45, 7) is 1.36. The minimum absolute atomic E-state index is 0.0622. The molecule has 0 saturated carbocycles. The van der Waals surface area contributed by atoms with Crippen molar-refractivity contribution >= 4 is 72.1 Å². The van der Waals surface area contributed by atoms with Crippen molar-refractivity contribution in [3.05, 3.63) is 60.7 Å². The number of hydrogen-bond acceptors (Lipinski definition) is 4. The van der Waals surface area contributed by atoms with Crippen molar-refractivity contribution in [1.29, 1.82) is 0 Å². The van der Waals surface area contributed by atoms with Crippen LogP contribution in [0.4, 0.5) is 0 Å². The number of carboxylic acids is 1. The van der Waals surface area contributed by atoms with Gasteiger partial charge in [0, 0.05) is 21.9 Å². The largest absolute Gasteiger partial charge is 0.480 e. The van der Waals surface area contributed by atoms with Gasteiger partial charge >= 0.3 is 5.97 Å². The van der Waals surface area contributed by atoms with Crippen molar-refractivity contribution in [2.45, 2.75) is 24.9 Å². The van der Waals surface area contributed by atoms with E-state index in [2.05, 4.69) is 41.7 Å². The van der Waals surface area contributed by atoms with E-state index in [4.69, 9.17) is 28.9 Å². The molecule has 0 fully saturated rings. The van der Waals surface area contributed by atoms with Crippen molar-refractivity contribution in [2.75, 3.05) is 20.6 Å². The van der Waals surface area contributed by atoms with E-state index in [1.807, 2.05) is 36.9 Å². The van der Waals surface area contributed by atoms with Gasteiger partial charge in [-0.25, -0.2) is 9.78 Å². The molecule has 3 N–H and O–H groups in total. The second-order valence-corrected chi connectivity index (χ2v) is 10.2. The molecule has 1 atom stereocenters. The van der Waals surface area contributed by atoms with Crippen LogP contribution in [0.3, 0.4) is 0 Å². The third-order valence-electron chi connectivity index (χ3n) is 5.02. The zero-order chi connectivity index (χ0) is 22.9. The van der Waals surface area contributed by atoms with Crippen LogP contribution in [0.25, 0.3) is 11.0 Å². The van der Waals surface area contributed by atoms with Gasteiger partial charge in [0.05, 0.1) is 21.1 Å². The van der Waals surface area contributed by atoms with E-state index in [-0.39, 0.29) is 12.2 Å². The SMILES string of the molecule is CN(C)CCCn1c(C(N)(Cc2ccc(Br)c(Br)c2)C(=O)O)nc2cc(Cl)c(Cl)cc21. The summed E-state index contributed by atoms with van der Waals surface area (Å²) in [4.78, 5) is 19.1. The van der Waals surface area contributed by atoms with Crippen LogP contribution in [0.5, 0.6) is 0 Å². The molecule has 0 radical (unpaired) electrons. The number of nitrogens with two attached hydrogens (primary N) is 1. The number of imidazole rings is 1. The normalized spacial score (nSPS) is 13.7. The van der Waals surface area contributed by atoms with Crippen molar-refractivity contribution in [1.82, 2.24) is 14.5 Å². The van der Waals surface area contributed by atoms with Gasteiger partial charge in [-0.3, -0.25) is 0 Å². The highest BCUT2D eigenvalue weighted by Crippen LogP contribution is 2.33. The summed E-state index contributed by atoms with van der Waals surface area (Å²) in [6.07, 6.45) is 0.845. The summed E-state index contributed by atoms with van der Waals surface area (Å²) in [5.74, 6) is -0.890. The number of aromatic nitrogens is 2. The summed E-state index contributed by atoms with van der Waals surface area (Å²) >= 11 is 19.3. The zero-order valence-electron chi connectivity index (χ0n) is 17.0. The minimum atomic E-state index is -1.75. The number of aliphatic carboxylic acids is 1. The van der Waals surface area contributed by atoms with E-state index in [0.717, 1.165) is 27.5 Å². The zero-order valence-corrected chi connectivity index (χ0v) is 21.7. The number of carboxylic acid groups (broad SMARTS) is 1. The Kier molecular flexibility index (Phi) is 7.71. The number of aryl methyl sites for hydroxylation is 1. The molecule has 166 valence electrons. The Bertz CT molecular complexity index is 1140. The minimum Gasteiger partial charge on any atom is -0.480 e. The molecule has 0 spiro atoms. The van der Waals surface area contributed by atoms with Gasteiger partial charge in [-0.05, 0) is 88.7 Å². The Morgan fingerprint density at radius 2 is 1.87 bits per heavy atom. The first-order valence-corrected chi connectivity index (χ1v) is 11.8. The summed E-state index contributed by atoms with van der Waals surface area (Å²) in [5, 5.41) is 10.9. The van der Waals surface area contributed by atoms with E-state index < -0.39 is 11.5 Å². The predicted molar refractivity (Wildman–Crippen MR) is 132 cm³/mol. The van der Waals surface area contributed by atoms with Gasteiger partial charge < -0.3 is 20.3 Å². The van der Waals surface area contributed by atoms with Crippen molar-refractivity contribution in [3.63, 3.8) is 0 Å². The van der Waals surface area contributed by atoms with Crippen molar-refractivity contribution in [3.8, 4) is 0 Å². The monoisotopic (exact) mass is 590 g/mol. The standard InChI is InChI=1S/C21H22Br2Cl2N4O2/c1-28(2)6-3-7-29-18-10-16(25)15(24)9-17(18)27-19(29)21(26,20(30)31)11-12-4-5-13(22)14(23)8-12/h4-5,8-10H,3,6-7,11,26H2,1-2H3,(H,30,31). The molecule has 3 aromatic rings. The summed E-state index contributed by atoms with van der Waals surface area (Å²) in [6, 6.07) is 8.89. The Hall–Kier alpha value is -1.16. The van der Waals surface area contributed by atoms with Gasteiger partial charge in [-0.15, -0.1) is 0 Å². The third kappa shape index (κ3) is 5.26. The molecular weight excluding hydrogens is 571 g/mol. The molecule has 1 unspecified atom stereocenters. The molecule has 0 aliphatic rings. The number of nitrogens with zero attached hydrogens (tertiary/aromatic N) is 3. The number of carbonyl (C=O) groups is 1. The van der Waals surface area contributed by atoms with E-state index in [0.29, 0.717) is 27.6 Å². The highest BCUT2D eigenvalue weighted by Gasteiger charge is 2.41. The maximum Gasteiger partial charge on any atom is 0.331 e. The van der Waals surface area contributed by atoms with E-state index in [9.17, 15) is 9.90 Å². The van der Waals surface area contributed by atoms with E-state index >= 15 is 0 Å². The molecule has 0 amide bonds. The van der Waals surface area contributed by atoms with Crippen LogP contribution in [0.2, 0.25) is 10.0 Å². The number of fused-ring (bicyclic) bond motifs is 1. The first-order valence-electron chi connectivity index (χ1n) is 9.49. The summed E-state index contributed by atoms with van der Waals surface area (Å²) < 4.78 is 3.54. The Labute approximate surface area is 207 Å². The second-order valence-electron chi connectivity index (χ2n) is 7.70. The second kappa shape index (κ2) is 9.77. The number of hydrogen-bond donors (Lipinski definition) is 2. The smallest absolute Gasteiger partial charge is 0.331 e. The maximum atomic E-state index is 12.5. The van der Waals surface area contributed by atoms with Crippen LogP contribution in [0.1, 0.15) is 17.8 Å². The fraction of sp³-hybridized carbons (Fsp3) is 0.333. The molecule has 0 saturated heterocycles. The van der Waals surface area contributed by atoms with Crippen LogP contribution in [0, 0.1) is 0 Å². The highest BCUT2D eigenvalue weighted by atomic mass is 79.9. The molecule has 0 bridgehead atoms. The first kappa shape index (κ1) is 24.5. The lowest BCUT2D eigenvalue weighted by molar-refractivity contribution is -0.144. The van der Waals surface area contributed by atoms with E-state index in [1.165, 1.54) is 0 Å². The van der Waals surface area contributed by atoms with Crippen molar-refractivity contribution in [2.24, 2.45) is 5.73 Å². The molecule has 1 aromatic heterocycles. The van der Waals surface area contributed by atoms with Crippen LogP contribution in [-0.4, -0.2) is 46.2 Å². The van der Waals surface area contributed by atoms with Gasteiger partial charge in [-0.2, -0.15) is 0 Å². The molecule has 3 rings (SSSR count). The first-order chi connectivity index (χ1) is 14.5. The van der Waals surface area contributed by atoms with Gasteiger partial charge in [0.15, 0.2) is 5.54 Å². The predicted octanol–water partition coefficient (Wildman–Crippen LogP) is 5.30. The average Bonchev–Trinajstić information content (AvgIpc) is 3.02. The van der Waals surface area contributed by atoms with Crippen LogP contribution >= 0.6 is 55.1 Å². The molecule has 6 nitrogen and oxygen atoms in total. The van der Waals surface area contributed by atoms with Gasteiger partial charge in [-0.1, -0.05) is 29.3 Å². The lowest BCUT2D eigenvalue weighted by Gasteiger charge is -2.26. The third-order valence-corrected chi connectivity index (χ3v) is 7.63. The van der Waals surface area contributed by atoms with Crippen molar-refractivity contribution < 1.29 is 9.90 Å². The number of rotatable bonds is 8. The molecule has 0 aliphatic carbocycles.